The summed E-state index contributed by atoms with van der Waals surface area (Å²) < 4.78 is 2.73. The first kappa shape index (κ1) is 66.2. The standard InChI is InChI=1S/C94H108BN3S/c1-55-45-65-68(90(15,16)42-39-87(65,9)10)51-75(55)97-77-53-72-71(93(21,22)63-27-25-26-28-64(63)94(72,23)24)50-74(77)95-73-37-38-80-82(62-49-67-70(54-81(62)99-80)92(19,20)44-41-89(67,13)14)84(73)98(76-52-69-66(46-56(76)2)88(11,12)40-43-91(69,17)18)79-48-61(47-78(97)83(79)95)96(59-33-29-57(30-34-59)85(3,4)5)60-35-31-58(32-36-60)86(6,7)8/h25-38,45-54H,39-44H2,1-24H3. The van der Waals surface area contributed by atoms with Crippen LogP contribution in [0.15, 0.2) is 146 Å². The minimum atomic E-state index is -0.293. The first-order valence-electron chi connectivity index (χ1n) is 37.6. The Balaban J connectivity index is 1.11. The molecule has 9 aromatic carbocycles. The fourth-order valence-corrected chi connectivity index (χ4v) is 20.7. The van der Waals surface area contributed by atoms with Gasteiger partial charge in [0.25, 0.3) is 6.71 Å². The zero-order valence-corrected chi connectivity index (χ0v) is 65.2. The lowest BCUT2D eigenvalue weighted by molar-refractivity contribution is 0.332. The topological polar surface area (TPSA) is 9.72 Å². The molecule has 99 heavy (non-hydrogen) atoms. The number of benzene rings is 9. The number of rotatable bonds is 5. The summed E-state index contributed by atoms with van der Waals surface area (Å²) in [5, 5.41) is 2.76. The average molecular weight is 1320 g/mol. The van der Waals surface area contributed by atoms with E-state index < -0.39 is 0 Å². The van der Waals surface area contributed by atoms with Gasteiger partial charge < -0.3 is 14.7 Å². The number of fused-ring (bicyclic) bond motifs is 13. The normalized spacial score (nSPS) is 19.7. The van der Waals surface area contributed by atoms with Crippen LogP contribution in [0, 0.1) is 13.8 Å². The van der Waals surface area contributed by atoms with Gasteiger partial charge >= 0.3 is 0 Å². The zero-order chi connectivity index (χ0) is 70.6. The second-order valence-corrected chi connectivity index (χ2v) is 39.8. The maximum absolute atomic E-state index is 2.87. The van der Waals surface area contributed by atoms with E-state index in [0.29, 0.717) is 0 Å². The molecule has 0 radical (unpaired) electrons. The van der Waals surface area contributed by atoms with Crippen LogP contribution in [0.2, 0.25) is 0 Å². The van der Waals surface area contributed by atoms with Crippen LogP contribution < -0.4 is 31.1 Å². The van der Waals surface area contributed by atoms with E-state index in [1.807, 2.05) is 11.3 Å². The molecule has 508 valence electrons. The van der Waals surface area contributed by atoms with Crippen molar-refractivity contribution in [2.75, 3.05) is 14.7 Å². The van der Waals surface area contributed by atoms with Crippen LogP contribution >= 0.6 is 11.3 Å². The minimum absolute atomic E-state index is 0.0228. The number of aryl methyl sites for hydroxylation is 2. The van der Waals surface area contributed by atoms with Gasteiger partial charge in [-0.25, -0.2) is 0 Å². The van der Waals surface area contributed by atoms with Crippen molar-refractivity contribution in [2.24, 2.45) is 0 Å². The summed E-state index contributed by atoms with van der Waals surface area (Å²) in [4.78, 5) is 8.29. The molecule has 0 amide bonds. The molecule has 4 aliphatic carbocycles. The third kappa shape index (κ3) is 9.80. The first-order chi connectivity index (χ1) is 46.1. The Hall–Kier alpha value is -7.34. The van der Waals surface area contributed by atoms with Crippen molar-refractivity contribution in [2.45, 2.75) is 259 Å². The smallest absolute Gasteiger partial charge is 0.252 e. The molecule has 0 atom stereocenters. The van der Waals surface area contributed by atoms with Crippen LogP contribution in [-0.2, 0) is 54.1 Å². The third-order valence-electron chi connectivity index (χ3n) is 26.4. The second kappa shape index (κ2) is 21.1. The molecule has 1 aromatic heterocycles. The van der Waals surface area contributed by atoms with Crippen LogP contribution in [-0.4, -0.2) is 6.71 Å². The lowest BCUT2D eigenvalue weighted by Crippen LogP contribution is -2.62. The van der Waals surface area contributed by atoms with Crippen molar-refractivity contribution in [1.29, 1.82) is 0 Å². The number of anilines is 9. The molecule has 0 N–H and O–H groups in total. The van der Waals surface area contributed by atoms with Crippen LogP contribution in [0.1, 0.15) is 269 Å². The summed E-state index contributed by atoms with van der Waals surface area (Å²) in [6.45, 7) is 58.9. The van der Waals surface area contributed by atoms with E-state index >= 15 is 0 Å². The zero-order valence-electron chi connectivity index (χ0n) is 64.4. The highest BCUT2D eigenvalue weighted by molar-refractivity contribution is 7.26. The minimum Gasteiger partial charge on any atom is -0.311 e. The molecule has 0 saturated carbocycles. The Kier molecular flexibility index (Phi) is 14.1. The van der Waals surface area contributed by atoms with Gasteiger partial charge in [-0.3, -0.25) is 0 Å². The second-order valence-electron chi connectivity index (χ2n) is 38.7. The Morgan fingerprint density at radius 3 is 1.20 bits per heavy atom. The molecule has 5 heteroatoms. The Morgan fingerprint density at radius 1 is 0.354 bits per heavy atom. The summed E-state index contributed by atoms with van der Waals surface area (Å²) in [5.41, 5.74) is 34.6. The molecule has 0 bridgehead atoms. The molecule has 10 aromatic rings. The molecular formula is C94H108BN3S. The van der Waals surface area contributed by atoms with Crippen molar-refractivity contribution in [3.8, 4) is 0 Å². The molecule has 0 unspecified atom stereocenters. The van der Waals surface area contributed by atoms with Crippen LogP contribution in [0.4, 0.5) is 51.2 Å². The molecular weight excluding hydrogens is 1210 g/mol. The average Bonchev–Trinajstić information content (AvgIpc) is 1.46. The number of nitrogens with zero attached hydrogens (tertiary/aromatic N) is 3. The summed E-state index contributed by atoms with van der Waals surface area (Å²) >= 11 is 2.01. The predicted octanol–water partition coefficient (Wildman–Crippen LogP) is 24.8. The number of hydrogen-bond donors (Lipinski definition) is 0. The van der Waals surface area contributed by atoms with E-state index in [0.717, 1.165) is 49.2 Å². The van der Waals surface area contributed by atoms with Crippen LogP contribution in [0.3, 0.4) is 0 Å². The summed E-state index contributed by atoms with van der Waals surface area (Å²) in [6, 6.07) is 60.5. The van der Waals surface area contributed by atoms with Gasteiger partial charge in [0, 0.05) is 70.8 Å². The maximum Gasteiger partial charge on any atom is 0.252 e. The highest BCUT2D eigenvalue weighted by Gasteiger charge is 2.51. The van der Waals surface area contributed by atoms with Gasteiger partial charge in [0.05, 0.1) is 11.4 Å². The van der Waals surface area contributed by atoms with E-state index in [1.165, 1.54) is 155 Å². The van der Waals surface area contributed by atoms with Gasteiger partial charge in [0.15, 0.2) is 0 Å². The van der Waals surface area contributed by atoms with Gasteiger partial charge in [-0.2, -0.15) is 0 Å². The third-order valence-corrected chi connectivity index (χ3v) is 27.6. The van der Waals surface area contributed by atoms with Crippen LogP contribution in [0.25, 0.3) is 20.2 Å². The summed E-state index contributed by atoms with van der Waals surface area (Å²) in [7, 11) is 0. The van der Waals surface area contributed by atoms with Gasteiger partial charge in [-0.15, -0.1) is 11.3 Å². The predicted molar refractivity (Wildman–Crippen MR) is 431 cm³/mol. The molecule has 2 aliphatic heterocycles. The quantitative estimate of drug-likeness (QED) is 0.159. The molecule has 0 spiro atoms. The highest BCUT2D eigenvalue weighted by Crippen LogP contribution is 2.59. The molecule has 16 rings (SSSR count). The van der Waals surface area contributed by atoms with E-state index in [2.05, 4.69) is 326 Å². The van der Waals surface area contributed by atoms with Crippen molar-refractivity contribution in [3.05, 3.63) is 223 Å². The molecule has 0 saturated heterocycles. The van der Waals surface area contributed by atoms with E-state index in [4.69, 9.17) is 0 Å². The van der Waals surface area contributed by atoms with Crippen molar-refractivity contribution in [1.82, 2.24) is 0 Å². The monoisotopic (exact) mass is 1320 g/mol. The Bertz CT molecular complexity index is 5020. The number of hydrogen-bond acceptors (Lipinski definition) is 4. The van der Waals surface area contributed by atoms with Crippen molar-refractivity contribution >= 4 is 106 Å². The molecule has 3 heterocycles. The van der Waals surface area contributed by atoms with E-state index in [1.54, 1.807) is 0 Å². The van der Waals surface area contributed by atoms with E-state index in [9.17, 15) is 0 Å². The van der Waals surface area contributed by atoms with Crippen molar-refractivity contribution in [3.63, 3.8) is 0 Å². The van der Waals surface area contributed by atoms with Gasteiger partial charge in [0.2, 0.25) is 0 Å². The fraction of sp³-hybridized carbons (Fsp3) is 0.426. The maximum atomic E-state index is 2.87. The molecule has 0 fully saturated rings. The number of thiophene rings is 1. The fourth-order valence-electron chi connectivity index (χ4n) is 19.5. The molecule has 3 nitrogen and oxygen atoms in total. The van der Waals surface area contributed by atoms with Gasteiger partial charge in [-0.05, 0) is 263 Å². The van der Waals surface area contributed by atoms with Gasteiger partial charge in [0.1, 0.15) is 0 Å². The largest absolute Gasteiger partial charge is 0.311 e. The lowest BCUT2D eigenvalue weighted by atomic mass is 9.33. The SMILES string of the molecule is Cc1cc2c(cc1N1c3cc4c(cc3B3c5ccc6sc7cc8c(cc7c6c5N(c5cc6c(cc5C)C(C)(C)CCC6(C)C)c5cc(N(c6ccc(C(C)(C)C)cc6)c6ccc(C(C)(C)C)cc6)cc1c53)C(C)(C)CCC8(C)C)C(C)(C)c1ccccc1C4(C)C)C(C)(C)CCC2(C)C. The van der Waals surface area contributed by atoms with Crippen LogP contribution in [0.5, 0.6) is 0 Å². The summed E-state index contributed by atoms with van der Waals surface area (Å²) in [6.07, 6.45) is 6.93. The van der Waals surface area contributed by atoms with Crippen molar-refractivity contribution < 1.29 is 0 Å². The highest BCUT2D eigenvalue weighted by atomic mass is 32.1. The Morgan fingerprint density at radius 2 is 0.747 bits per heavy atom. The van der Waals surface area contributed by atoms with E-state index in [-0.39, 0.29) is 60.9 Å². The lowest BCUT2D eigenvalue weighted by Gasteiger charge is -2.49. The van der Waals surface area contributed by atoms with Gasteiger partial charge in [-0.1, -0.05) is 225 Å². The first-order valence-corrected chi connectivity index (χ1v) is 38.4. The Labute approximate surface area is 598 Å². The summed E-state index contributed by atoms with van der Waals surface area (Å²) in [5.74, 6) is 0. The molecule has 6 aliphatic rings.